The molecule has 58 heavy (non-hydrogen) atoms. The SMILES string of the molecule is N#Cc1ccccc1-c1cc(-n2c3ccc(F)cc3c3cc(F)ccc32)c(-c2ccccc2C#N)c(-n2c3ccc(C(F)(F)F)cc3c3cc(C(F)(F)F)ccc32)c1. The number of hydrogen-bond donors (Lipinski definition) is 0. The van der Waals surface area contributed by atoms with E-state index in [1.54, 1.807) is 69.8 Å². The molecular weight excluding hydrogens is 761 g/mol. The van der Waals surface area contributed by atoms with E-state index in [0.717, 1.165) is 24.3 Å². The van der Waals surface area contributed by atoms with Crippen LogP contribution in [-0.4, -0.2) is 9.13 Å². The Bertz CT molecular complexity index is 3130. The minimum absolute atomic E-state index is 0.112. The normalized spacial score (nSPS) is 12.1. The minimum Gasteiger partial charge on any atom is -0.309 e. The van der Waals surface area contributed by atoms with Gasteiger partial charge in [-0.15, -0.1) is 0 Å². The van der Waals surface area contributed by atoms with E-state index >= 15 is 0 Å². The zero-order chi connectivity index (χ0) is 40.7. The fourth-order valence-electron chi connectivity index (χ4n) is 7.89. The number of aromatic nitrogens is 2. The number of nitrogens with zero attached hydrogens (tertiary/aromatic N) is 4. The van der Waals surface area contributed by atoms with Gasteiger partial charge >= 0.3 is 12.4 Å². The molecule has 9 rings (SSSR count). The van der Waals surface area contributed by atoms with Gasteiger partial charge in [-0.05, 0) is 108 Å². The molecule has 0 aliphatic carbocycles. The number of rotatable bonds is 4. The molecule has 0 spiro atoms. The van der Waals surface area contributed by atoms with Crippen LogP contribution >= 0.6 is 0 Å². The molecule has 2 heterocycles. The number of fused-ring (bicyclic) bond motifs is 6. The summed E-state index contributed by atoms with van der Waals surface area (Å²) in [4.78, 5) is 0. The third kappa shape index (κ3) is 5.72. The predicted octanol–water partition coefficient (Wildman–Crippen LogP) is 13.3. The van der Waals surface area contributed by atoms with Crippen LogP contribution in [0.15, 0.2) is 133 Å². The van der Waals surface area contributed by atoms with Crippen molar-refractivity contribution in [2.24, 2.45) is 0 Å². The Morgan fingerprint density at radius 3 is 1.24 bits per heavy atom. The van der Waals surface area contributed by atoms with E-state index in [1.165, 1.54) is 48.5 Å². The molecule has 12 heteroatoms. The van der Waals surface area contributed by atoms with Crippen molar-refractivity contribution in [3.05, 3.63) is 167 Å². The summed E-state index contributed by atoms with van der Waals surface area (Å²) in [5, 5.41) is 21.2. The fourth-order valence-corrected chi connectivity index (χ4v) is 7.89. The van der Waals surface area contributed by atoms with Gasteiger partial charge in [0.15, 0.2) is 0 Å². The highest BCUT2D eigenvalue weighted by Gasteiger charge is 2.34. The van der Waals surface area contributed by atoms with Crippen molar-refractivity contribution in [2.75, 3.05) is 0 Å². The Morgan fingerprint density at radius 1 is 0.431 bits per heavy atom. The molecule has 4 nitrogen and oxygen atoms in total. The Morgan fingerprint density at radius 2 is 0.810 bits per heavy atom. The largest absolute Gasteiger partial charge is 0.416 e. The third-order valence-corrected chi connectivity index (χ3v) is 10.4. The lowest BCUT2D eigenvalue weighted by atomic mass is 9.91. The van der Waals surface area contributed by atoms with Crippen LogP contribution in [0, 0.1) is 34.3 Å². The van der Waals surface area contributed by atoms with Gasteiger partial charge in [0, 0.05) is 32.7 Å². The molecule has 0 fully saturated rings. The Labute approximate surface area is 323 Å². The maximum Gasteiger partial charge on any atom is 0.416 e. The second-order valence-electron chi connectivity index (χ2n) is 13.7. The molecule has 0 saturated carbocycles. The number of halogens is 8. The van der Waals surface area contributed by atoms with Crippen molar-refractivity contribution >= 4 is 43.6 Å². The predicted molar refractivity (Wildman–Crippen MR) is 205 cm³/mol. The van der Waals surface area contributed by atoms with Crippen molar-refractivity contribution in [1.82, 2.24) is 9.13 Å². The van der Waals surface area contributed by atoms with Crippen molar-refractivity contribution in [2.45, 2.75) is 12.4 Å². The van der Waals surface area contributed by atoms with Crippen molar-refractivity contribution in [3.63, 3.8) is 0 Å². The van der Waals surface area contributed by atoms with E-state index in [4.69, 9.17) is 0 Å². The molecule has 0 radical (unpaired) electrons. The quantitative estimate of drug-likeness (QED) is 0.167. The second kappa shape index (κ2) is 13.1. The van der Waals surface area contributed by atoms with Crippen LogP contribution in [0.25, 0.3) is 77.2 Å². The van der Waals surface area contributed by atoms with Gasteiger partial charge in [0.1, 0.15) is 11.6 Å². The van der Waals surface area contributed by atoms with Crippen LogP contribution in [0.1, 0.15) is 22.3 Å². The highest BCUT2D eigenvalue weighted by molar-refractivity contribution is 6.12. The number of hydrogen-bond acceptors (Lipinski definition) is 2. The van der Waals surface area contributed by atoms with Gasteiger partial charge in [-0.3, -0.25) is 0 Å². The van der Waals surface area contributed by atoms with Gasteiger partial charge in [-0.2, -0.15) is 36.9 Å². The topological polar surface area (TPSA) is 57.4 Å². The molecular formula is C46H22F8N4. The van der Waals surface area contributed by atoms with Crippen LogP contribution in [-0.2, 0) is 12.4 Å². The summed E-state index contributed by atoms with van der Waals surface area (Å²) in [6, 6.07) is 34.7. The van der Waals surface area contributed by atoms with Gasteiger partial charge in [-0.25, -0.2) is 8.78 Å². The van der Waals surface area contributed by atoms with Gasteiger partial charge in [0.2, 0.25) is 0 Å². The zero-order valence-electron chi connectivity index (χ0n) is 29.5. The van der Waals surface area contributed by atoms with Crippen molar-refractivity contribution < 1.29 is 35.1 Å². The third-order valence-electron chi connectivity index (χ3n) is 10.4. The summed E-state index contributed by atoms with van der Waals surface area (Å²) in [6.07, 6.45) is -9.66. The van der Waals surface area contributed by atoms with E-state index in [1.807, 2.05) is 0 Å². The fraction of sp³-hybridized carbons (Fsp3) is 0.0435. The van der Waals surface area contributed by atoms with Crippen LogP contribution in [0.3, 0.4) is 0 Å². The van der Waals surface area contributed by atoms with Gasteiger partial charge < -0.3 is 9.13 Å². The molecule has 0 aliphatic heterocycles. The van der Waals surface area contributed by atoms with E-state index in [2.05, 4.69) is 12.1 Å². The molecule has 0 aliphatic rings. The first kappa shape index (κ1) is 36.2. The Balaban J connectivity index is 1.55. The maximum absolute atomic E-state index is 14.9. The first-order valence-corrected chi connectivity index (χ1v) is 17.6. The van der Waals surface area contributed by atoms with Crippen LogP contribution in [0.2, 0.25) is 0 Å². The first-order chi connectivity index (χ1) is 27.8. The second-order valence-corrected chi connectivity index (χ2v) is 13.7. The molecule has 0 saturated heterocycles. The van der Waals surface area contributed by atoms with Crippen LogP contribution in [0.5, 0.6) is 0 Å². The summed E-state index contributed by atoms with van der Waals surface area (Å²) in [5.41, 5.74) is 1.38. The molecule has 282 valence electrons. The molecule has 9 aromatic rings. The lowest BCUT2D eigenvalue weighted by Gasteiger charge is -2.23. The highest BCUT2D eigenvalue weighted by Crippen LogP contribution is 2.47. The summed E-state index contributed by atoms with van der Waals surface area (Å²) in [6.45, 7) is 0. The minimum atomic E-state index is -4.83. The number of alkyl halides is 6. The molecule has 0 amide bonds. The van der Waals surface area contributed by atoms with E-state index in [9.17, 15) is 45.6 Å². The van der Waals surface area contributed by atoms with Crippen LogP contribution in [0.4, 0.5) is 35.1 Å². The number of nitriles is 2. The average molecular weight is 783 g/mol. The van der Waals surface area contributed by atoms with E-state index < -0.39 is 35.1 Å². The zero-order valence-corrected chi connectivity index (χ0v) is 29.5. The van der Waals surface area contributed by atoms with Gasteiger partial charge in [0.25, 0.3) is 0 Å². The summed E-state index contributed by atoms with van der Waals surface area (Å²) in [7, 11) is 0. The highest BCUT2D eigenvalue weighted by atomic mass is 19.4. The molecule has 0 N–H and O–H groups in total. The molecule has 0 bridgehead atoms. The summed E-state index contributed by atoms with van der Waals surface area (Å²) in [5.74, 6) is -1.19. The maximum atomic E-state index is 14.9. The molecule has 7 aromatic carbocycles. The Hall–Kier alpha value is -7.44. The smallest absolute Gasteiger partial charge is 0.309 e. The number of benzene rings is 7. The molecule has 2 aromatic heterocycles. The molecule has 0 atom stereocenters. The average Bonchev–Trinajstić information content (AvgIpc) is 3.70. The van der Waals surface area contributed by atoms with Gasteiger partial charge in [-0.1, -0.05) is 36.4 Å². The first-order valence-electron chi connectivity index (χ1n) is 17.6. The van der Waals surface area contributed by atoms with E-state index in [0.29, 0.717) is 49.7 Å². The monoisotopic (exact) mass is 782 g/mol. The van der Waals surface area contributed by atoms with Crippen LogP contribution < -0.4 is 0 Å². The Kier molecular flexibility index (Phi) is 8.16. The summed E-state index contributed by atoms with van der Waals surface area (Å²) < 4.78 is 118. The lowest BCUT2D eigenvalue weighted by Crippen LogP contribution is -2.07. The standard InChI is InChI=1S/C46H22F8N4/c47-30-11-15-40-36(21-30)37-22-31(48)12-16-41(37)58(40)43-18-27(32-7-3-1-5-25(32)23-55)17-42(44(43)33-8-4-2-6-26(33)24-56)57-38-13-9-28(45(49,50)51)19-34(38)35-20-29(46(52,53)54)10-14-39(35)57/h1-22H. The van der Waals surface area contributed by atoms with Crippen molar-refractivity contribution in [3.8, 4) is 45.8 Å². The lowest BCUT2D eigenvalue weighted by molar-refractivity contribution is -0.138. The van der Waals surface area contributed by atoms with Gasteiger partial charge in [0.05, 0.1) is 67.8 Å². The van der Waals surface area contributed by atoms with Crippen molar-refractivity contribution in [1.29, 1.82) is 10.5 Å². The molecule has 0 unspecified atom stereocenters. The summed E-state index contributed by atoms with van der Waals surface area (Å²) >= 11 is 0. The van der Waals surface area contributed by atoms with E-state index in [-0.39, 0.29) is 38.6 Å².